The van der Waals surface area contributed by atoms with Gasteiger partial charge in [0.15, 0.2) is 0 Å². The maximum absolute atomic E-state index is 12.1. The summed E-state index contributed by atoms with van der Waals surface area (Å²) >= 11 is 3.32. The highest BCUT2D eigenvalue weighted by Crippen LogP contribution is 2.27. The van der Waals surface area contributed by atoms with Crippen LogP contribution in [0, 0.1) is 5.92 Å². The Kier molecular flexibility index (Phi) is 4.24. The molecule has 1 saturated heterocycles. The first-order valence-electron chi connectivity index (χ1n) is 6.10. The number of hydrogen-bond acceptors (Lipinski definition) is 3. The first kappa shape index (κ1) is 13.4. The molecule has 5 heteroatoms. The Hall–Kier alpha value is -1.07. The molecule has 2 unspecified atom stereocenters. The Morgan fingerprint density at radius 2 is 2.33 bits per heavy atom. The largest absolute Gasteiger partial charge is 0.506 e. The molecule has 2 rings (SSSR count). The fourth-order valence-corrected chi connectivity index (χ4v) is 2.58. The van der Waals surface area contributed by atoms with E-state index in [4.69, 9.17) is 0 Å². The van der Waals surface area contributed by atoms with Crippen molar-refractivity contribution < 1.29 is 9.90 Å². The second kappa shape index (κ2) is 5.71. The standard InChI is InChI=1S/C13H17BrN2O2/c1-8-3-2-6-15-12(8)13(18)16-10-7-9(14)4-5-11(10)17/h4-5,7-8,12,15,17H,2-3,6H2,1H3,(H,16,18). The smallest absolute Gasteiger partial charge is 0.241 e. The van der Waals surface area contributed by atoms with E-state index in [0.717, 1.165) is 23.9 Å². The highest BCUT2D eigenvalue weighted by Gasteiger charge is 2.27. The van der Waals surface area contributed by atoms with Gasteiger partial charge in [0.05, 0.1) is 11.7 Å². The summed E-state index contributed by atoms with van der Waals surface area (Å²) in [6.07, 6.45) is 2.16. The zero-order valence-electron chi connectivity index (χ0n) is 10.2. The van der Waals surface area contributed by atoms with Crippen LogP contribution in [-0.4, -0.2) is 23.6 Å². The van der Waals surface area contributed by atoms with Gasteiger partial charge in [-0.15, -0.1) is 0 Å². The number of phenolic OH excluding ortho intramolecular Hbond substituents is 1. The van der Waals surface area contributed by atoms with E-state index in [1.807, 2.05) is 0 Å². The van der Waals surface area contributed by atoms with Gasteiger partial charge in [-0.05, 0) is 43.5 Å². The summed E-state index contributed by atoms with van der Waals surface area (Å²) in [4.78, 5) is 12.1. The van der Waals surface area contributed by atoms with E-state index in [0.29, 0.717) is 11.6 Å². The number of piperidine rings is 1. The molecule has 0 saturated carbocycles. The fraction of sp³-hybridized carbons (Fsp3) is 0.462. The highest BCUT2D eigenvalue weighted by molar-refractivity contribution is 9.10. The summed E-state index contributed by atoms with van der Waals surface area (Å²) in [5, 5.41) is 15.7. The van der Waals surface area contributed by atoms with Gasteiger partial charge in [0.1, 0.15) is 5.75 Å². The molecule has 2 atom stereocenters. The number of carbonyl (C=O) groups is 1. The zero-order chi connectivity index (χ0) is 13.1. The molecule has 98 valence electrons. The fourth-order valence-electron chi connectivity index (χ4n) is 2.22. The maximum Gasteiger partial charge on any atom is 0.241 e. The van der Waals surface area contributed by atoms with Crippen LogP contribution in [0.25, 0.3) is 0 Å². The SMILES string of the molecule is CC1CCCNC1C(=O)Nc1cc(Br)ccc1O. The molecule has 0 radical (unpaired) electrons. The summed E-state index contributed by atoms with van der Waals surface area (Å²) < 4.78 is 0.820. The number of hydrogen-bond donors (Lipinski definition) is 3. The van der Waals surface area contributed by atoms with Crippen LogP contribution in [0.15, 0.2) is 22.7 Å². The number of anilines is 1. The lowest BCUT2D eigenvalue weighted by atomic mass is 9.92. The van der Waals surface area contributed by atoms with E-state index >= 15 is 0 Å². The molecule has 0 bridgehead atoms. The van der Waals surface area contributed by atoms with Crippen molar-refractivity contribution in [2.24, 2.45) is 5.92 Å². The summed E-state index contributed by atoms with van der Waals surface area (Å²) in [6.45, 7) is 2.93. The Morgan fingerprint density at radius 1 is 1.56 bits per heavy atom. The van der Waals surface area contributed by atoms with Crippen LogP contribution >= 0.6 is 15.9 Å². The van der Waals surface area contributed by atoms with Gasteiger partial charge in [0.2, 0.25) is 5.91 Å². The lowest BCUT2D eigenvalue weighted by molar-refractivity contribution is -0.119. The third-order valence-corrected chi connectivity index (χ3v) is 3.76. The summed E-state index contributed by atoms with van der Waals surface area (Å²) in [7, 11) is 0. The van der Waals surface area contributed by atoms with Crippen LogP contribution in [-0.2, 0) is 4.79 Å². The normalized spacial score (nSPS) is 23.7. The summed E-state index contributed by atoms with van der Waals surface area (Å²) in [6, 6.07) is 4.79. The minimum absolute atomic E-state index is 0.0787. The van der Waals surface area contributed by atoms with Gasteiger partial charge in [0.25, 0.3) is 0 Å². The molecule has 18 heavy (non-hydrogen) atoms. The number of carbonyl (C=O) groups excluding carboxylic acids is 1. The number of phenols is 1. The molecule has 1 aromatic rings. The quantitative estimate of drug-likeness (QED) is 0.735. The van der Waals surface area contributed by atoms with Crippen LogP contribution in [0.5, 0.6) is 5.75 Å². The molecule has 0 aliphatic carbocycles. The summed E-state index contributed by atoms with van der Waals surface area (Å²) in [5.74, 6) is 0.304. The average Bonchev–Trinajstić information content (AvgIpc) is 2.34. The van der Waals surface area contributed by atoms with Gasteiger partial charge in [-0.1, -0.05) is 22.9 Å². The van der Waals surface area contributed by atoms with E-state index in [2.05, 4.69) is 33.5 Å². The number of halogens is 1. The van der Waals surface area contributed by atoms with E-state index in [1.165, 1.54) is 0 Å². The number of rotatable bonds is 2. The van der Waals surface area contributed by atoms with Crippen LogP contribution in [0.4, 0.5) is 5.69 Å². The Bertz CT molecular complexity index is 451. The first-order chi connectivity index (χ1) is 8.58. The van der Waals surface area contributed by atoms with Gasteiger partial charge in [0, 0.05) is 4.47 Å². The van der Waals surface area contributed by atoms with Gasteiger partial charge in [-0.25, -0.2) is 0 Å². The summed E-state index contributed by atoms with van der Waals surface area (Å²) in [5.41, 5.74) is 0.439. The molecule has 0 spiro atoms. The van der Waals surface area contributed by atoms with E-state index in [9.17, 15) is 9.90 Å². The number of aromatic hydroxyl groups is 1. The zero-order valence-corrected chi connectivity index (χ0v) is 11.8. The van der Waals surface area contributed by atoms with Crippen molar-refractivity contribution in [2.45, 2.75) is 25.8 Å². The van der Waals surface area contributed by atoms with E-state index in [-0.39, 0.29) is 17.7 Å². The second-order valence-corrected chi connectivity index (χ2v) is 5.62. The van der Waals surface area contributed by atoms with Crippen LogP contribution in [0.3, 0.4) is 0 Å². The average molecular weight is 313 g/mol. The molecular weight excluding hydrogens is 296 g/mol. The molecule has 1 amide bonds. The van der Waals surface area contributed by atoms with Crippen LogP contribution < -0.4 is 10.6 Å². The van der Waals surface area contributed by atoms with Crippen molar-refractivity contribution in [1.82, 2.24) is 5.32 Å². The second-order valence-electron chi connectivity index (χ2n) is 4.70. The molecule has 1 heterocycles. The van der Waals surface area contributed by atoms with E-state index < -0.39 is 0 Å². The van der Waals surface area contributed by atoms with Crippen LogP contribution in [0.1, 0.15) is 19.8 Å². The van der Waals surface area contributed by atoms with Gasteiger partial charge in [-0.3, -0.25) is 4.79 Å². The third kappa shape index (κ3) is 3.03. The first-order valence-corrected chi connectivity index (χ1v) is 6.90. The highest BCUT2D eigenvalue weighted by atomic mass is 79.9. The Balaban J connectivity index is 2.08. The van der Waals surface area contributed by atoms with Crippen molar-refractivity contribution >= 4 is 27.5 Å². The topological polar surface area (TPSA) is 61.4 Å². The van der Waals surface area contributed by atoms with E-state index in [1.54, 1.807) is 18.2 Å². The van der Waals surface area contributed by atoms with Gasteiger partial charge >= 0.3 is 0 Å². The predicted octanol–water partition coefficient (Wildman–Crippen LogP) is 2.48. The van der Waals surface area contributed by atoms with Gasteiger partial charge < -0.3 is 15.7 Å². The molecule has 4 nitrogen and oxygen atoms in total. The molecule has 1 aliphatic heterocycles. The molecule has 0 aromatic heterocycles. The number of benzene rings is 1. The van der Waals surface area contributed by atoms with Crippen molar-refractivity contribution in [1.29, 1.82) is 0 Å². The van der Waals surface area contributed by atoms with Crippen molar-refractivity contribution in [3.8, 4) is 5.75 Å². The number of nitrogens with one attached hydrogen (secondary N) is 2. The number of amides is 1. The molecule has 1 aliphatic rings. The maximum atomic E-state index is 12.1. The monoisotopic (exact) mass is 312 g/mol. The van der Waals surface area contributed by atoms with Gasteiger partial charge in [-0.2, -0.15) is 0 Å². The Morgan fingerprint density at radius 3 is 3.06 bits per heavy atom. The predicted molar refractivity (Wildman–Crippen MR) is 74.6 cm³/mol. The van der Waals surface area contributed by atoms with Crippen LogP contribution in [0.2, 0.25) is 0 Å². The lowest BCUT2D eigenvalue weighted by Crippen LogP contribution is -2.48. The minimum Gasteiger partial charge on any atom is -0.506 e. The molecule has 1 fully saturated rings. The van der Waals surface area contributed by atoms with Crippen molar-refractivity contribution in [3.05, 3.63) is 22.7 Å². The van der Waals surface area contributed by atoms with Crippen molar-refractivity contribution in [2.75, 3.05) is 11.9 Å². The third-order valence-electron chi connectivity index (χ3n) is 3.27. The molecular formula is C13H17BrN2O2. The van der Waals surface area contributed by atoms with Crippen molar-refractivity contribution in [3.63, 3.8) is 0 Å². The lowest BCUT2D eigenvalue weighted by Gasteiger charge is -2.29. The Labute approximate surface area is 115 Å². The molecule has 3 N–H and O–H groups in total. The minimum atomic E-state index is -0.183. The molecule has 1 aromatic carbocycles.